The minimum Gasteiger partial charge on any atom is -0.359 e. The van der Waals surface area contributed by atoms with E-state index in [1.807, 2.05) is 51.2 Å². The van der Waals surface area contributed by atoms with Crippen molar-refractivity contribution >= 4 is 11.7 Å². The number of aromatic amines is 1. The first kappa shape index (κ1) is 19.5. The Morgan fingerprint density at radius 2 is 1.96 bits per heavy atom. The number of hydrogen-bond acceptors (Lipinski definition) is 5. The number of hydrogen-bond donors (Lipinski definition) is 2. The Hall–Kier alpha value is -3.22. The van der Waals surface area contributed by atoms with Gasteiger partial charge in [-0.15, -0.1) is 0 Å². The summed E-state index contributed by atoms with van der Waals surface area (Å²) in [7, 11) is 2.01. The van der Waals surface area contributed by atoms with Crippen LogP contribution in [0.15, 0.2) is 42.7 Å². The predicted octanol–water partition coefficient (Wildman–Crippen LogP) is 2.35. The third-order valence-electron chi connectivity index (χ3n) is 4.75. The molecule has 0 atom stereocenters. The molecular formula is C21H26N6O. The van der Waals surface area contributed by atoms with E-state index >= 15 is 0 Å². The van der Waals surface area contributed by atoms with Gasteiger partial charge in [0.1, 0.15) is 5.82 Å². The van der Waals surface area contributed by atoms with Crippen LogP contribution in [0.4, 0.5) is 5.82 Å². The Balaban J connectivity index is 1.59. The molecule has 146 valence electrons. The zero-order valence-corrected chi connectivity index (χ0v) is 16.6. The highest BCUT2D eigenvalue weighted by Gasteiger charge is 2.13. The fourth-order valence-electron chi connectivity index (χ4n) is 3.10. The average molecular weight is 378 g/mol. The van der Waals surface area contributed by atoms with E-state index in [0.29, 0.717) is 13.0 Å². The van der Waals surface area contributed by atoms with Crippen molar-refractivity contribution in [2.24, 2.45) is 0 Å². The van der Waals surface area contributed by atoms with Gasteiger partial charge >= 0.3 is 0 Å². The molecule has 0 aliphatic heterocycles. The third kappa shape index (κ3) is 4.94. The molecule has 0 bridgehead atoms. The fourth-order valence-corrected chi connectivity index (χ4v) is 3.10. The zero-order chi connectivity index (χ0) is 19.9. The number of aryl methyl sites for hydroxylation is 2. The maximum absolute atomic E-state index is 12.4. The van der Waals surface area contributed by atoms with E-state index in [9.17, 15) is 4.79 Å². The van der Waals surface area contributed by atoms with E-state index in [2.05, 4.69) is 30.4 Å². The molecule has 3 heterocycles. The highest BCUT2D eigenvalue weighted by molar-refractivity contribution is 5.79. The normalized spacial score (nSPS) is 10.7. The van der Waals surface area contributed by atoms with E-state index in [1.54, 1.807) is 12.4 Å². The first-order chi connectivity index (χ1) is 13.5. The number of aromatic nitrogens is 4. The van der Waals surface area contributed by atoms with Crippen LogP contribution in [-0.4, -0.2) is 39.7 Å². The van der Waals surface area contributed by atoms with Gasteiger partial charge in [-0.05, 0) is 32.0 Å². The van der Waals surface area contributed by atoms with E-state index in [1.165, 1.54) is 0 Å². The fraction of sp³-hybridized carbons (Fsp3) is 0.333. The molecule has 2 N–H and O–H groups in total. The lowest BCUT2D eigenvalue weighted by molar-refractivity contribution is -0.120. The standard InChI is InChI=1S/C21H26N6O/c1-15-19(16(2)26-25-15)13-20(28)24-14-17-7-6-11-23-21(17)27(3)12-9-18-8-4-5-10-22-18/h4-8,10-11H,9,12-14H2,1-3H3,(H,24,28)(H,25,26). The summed E-state index contributed by atoms with van der Waals surface area (Å²) in [6, 6.07) is 9.82. The number of rotatable bonds is 8. The highest BCUT2D eigenvalue weighted by Crippen LogP contribution is 2.16. The second-order valence-corrected chi connectivity index (χ2v) is 6.84. The van der Waals surface area contributed by atoms with Crippen LogP contribution in [0.2, 0.25) is 0 Å². The number of carbonyl (C=O) groups excluding carboxylic acids is 1. The molecule has 1 amide bonds. The molecule has 0 unspecified atom stereocenters. The van der Waals surface area contributed by atoms with Crippen molar-refractivity contribution in [2.75, 3.05) is 18.5 Å². The minimum absolute atomic E-state index is 0.0291. The Morgan fingerprint density at radius 3 is 2.68 bits per heavy atom. The summed E-state index contributed by atoms with van der Waals surface area (Å²) in [6.07, 6.45) is 4.73. The molecular weight excluding hydrogens is 352 g/mol. The number of amides is 1. The quantitative estimate of drug-likeness (QED) is 0.628. The van der Waals surface area contributed by atoms with Crippen molar-refractivity contribution in [2.45, 2.75) is 33.2 Å². The van der Waals surface area contributed by atoms with E-state index < -0.39 is 0 Å². The van der Waals surface area contributed by atoms with Gasteiger partial charge in [0, 0.05) is 61.5 Å². The second-order valence-electron chi connectivity index (χ2n) is 6.84. The topological polar surface area (TPSA) is 86.8 Å². The number of likely N-dealkylation sites (N-methyl/N-ethyl adjacent to an activating group) is 1. The molecule has 3 aromatic heterocycles. The summed E-state index contributed by atoms with van der Waals surface area (Å²) in [5.41, 5.74) is 4.79. The first-order valence-electron chi connectivity index (χ1n) is 9.36. The van der Waals surface area contributed by atoms with Crippen LogP contribution in [0.5, 0.6) is 0 Å². The number of nitrogens with one attached hydrogen (secondary N) is 2. The Kier molecular flexibility index (Phi) is 6.37. The minimum atomic E-state index is -0.0291. The number of nitrogens with zero attached hydrogens (tertiary/aromatic N) is 4. The summed E-state index contributed by atoms with van der Waals surface area (Å²) in [5.74, 6) is 0.841. The molecule has 3 rings (SSSR count). The van der Waals surface area contributed by atoms with Crippen molar-refractivity contribution in [1.82, 2.24) is 25.5 Å². The third-order valence-corrected chi connectivity index (χ3v) is 4.75. The van der Waals surface area contributed by atoms with Crippen LogP contribution in [0.25, 0.3) is 0 Å². The SMILES string of the molecule is Cc1n[nH]c(C)c1CC(=O)NCc1cccnc1N(C)CCc1ccccn1. The van der Waals surface area contributed by atoms with Gasteiger partial charge in [-0.25, -0.2) is 4.98 Å². The van der Waals surface area contributed by atoms with Gasteiger partial charge in [-0.1, -0.05) is 12.1 Å². The van der Waals surface area contributed by atoms with Crippen molar-refractivity contribution in [3.63, 3.8) is 0 Å². The number of carbonyl (C=O) groups is 1. The van der Waals surface area contributed by atoms with E-state index in [-0.39, 0.29) is 5.91 Å². The number of anilines is 1. The monoisotopic (exact) mass is 378 g/mol. The summed E-state index contributed by atoms with van der Waals surface area (Å²) >= 11 is 0. The lowest BCUT2D eigenvalue weighted by Gasteiger charge is -2.21. The second kappa shape index (κ2) is 9.12. The molecule has 0 aliphatic carbocycles. The average Bonchev–Trinajstić information content (AvgIpc) is 3.03. The number of pyridine rings is 2. The van der Waals surface area contributed by atoms with Gasteiger partial charge in [0.05, 0.1) is 12.1 Å². The summed E-state index contributed by atoms with van der Waals surface area (Å²) in [4.78, 5) is 23.4. The molecule has 3 aromatic rings. The Bertz CT molecular complexity index is 902. The predicted molar refractivity (Wildman–Crippen MR) is 109 cm³/mol. The molecule has 7 nitrogen and oxygen atoms in total. The molecule has 0 radical (unpaired) electrons. The van der Waals surface area contributed by atoms with Crippen molar-refractivity contribution < 1.29 is 4.79 Å². The van der Waals surface area contributed by atoms with Crippen LogP contribution < -0.4 is 10.2 Å². The maximum Gasteiger partial charge on any atom is 0.224 e. The van der Waals surface area contributed by atoms with Gasteiger partial charge in [-0.2, -0.15) is 5.10 Å². The van der Waals surface area contributed by atoms with Gasteiger partial charge in [-0.3, -0.25) is 14.9 Å². The molecule has 7 heteroatoms. The van der Waals surface area contributed by atoms with Crippen molar-refractivity contribution in [3.05, 3.63) is 70.9 Å². The Morgan fingerprint density at radius 1 is 1.14 bits per heavy atom. The first-order valence-corrected chi connectivity index (χ1v) is 9.36. The Labute approximate surface area is 165 Å². The molecule has 0 saturated carbocycles. The molecule has 28 heavy (non-hydrogen) atoms. The zero-order valence-electron chi connectivity index (χ0n) is 16.6. The van der Waals surface area contributed by atoms with Gasteiger partial charge in [0.2, 0.25) is 5.91 Å². The van der Waals surface area contributed by atoms with E-state index in [0.717, 1.165) is 47.0 Å². The van der Waals surface area contributed by atoms with Gasteiger partial charge < -0.3 is 10.2 Å². The highest BCUT2D eigenvalue weighted by atomic mass is 16.1. The lowest BCUT2D eigenvalue weighted by Crippen LogP contribution is -2.28. The van der Waals surface area contributed by atoms with Crippen LogP contribution in [0.3, 0.4) is 0 Å². The summed E-state index contributed by atoms with van der Waals surface area (Å²) in [6.45, 7) is 5.06. The molecule has 0 aliphatic rings. The number of H-pyrrole nitrogens is 1. The van der Waals surface area contributed by atoms with Crippen molar-refractivity contribution in [1.29, 1.82) is 0 Å². The lowest BCUT2D eigenvalue weighted by atomic mass is 10.1. The van der Waals surface area contributed by atoms with Crippen LogP contribution in [0.1, 0.15) is 28.2 Å². The molecule has 0 spiro atoms. The van der Waals surface area contributed by atoms with E-state index in [4.69, 9.17) is 0 Å². The maximum atomic E-state index is 12.4. The van der Waals surface area contributed by atoms with Crippen molar-refractivity contribution in [3.8, 4) is 0 Å². The van der Waals surface area contributed by atoms with Crippen LogP contribution in [-0.2, 0) is 24.2 Å². The summed E-state index contributed by atoms with van der Waals surface area (Å²) < 4.78 is 0. The van der Waals surface area contributed by atoms with Crippen LogP contribution in [0, 0.1) is 13.8 Å². The van der Waals surface area contributed by atoms with Crippen LogP contribution >= 0.6 is 0 Å². The molecule has 0 saturated heterocycles. The molecule has 0 aromatic carbocycles. The van der Waals surface area contributed by atoms with Gasteiger partial charge in [0.25, 0.3) is 0 Å². The van der Waals surface area contributed by atoms with Gasteiger partial charge in [0.15, 0.2) is 0 Å². The largest absolute Gasteiger partial charge is 0.359 e. The summed E-state index contributed by atoms with van der Waals surface area (Å²) in [5, 5.41) is 10.1. The smallest absolute Gasteiger partial charge is 0.224 e. The molecule has 0 fully saturated rings.